The van der Waals surface area contributed by atoms with Crippen molar-refractivity contribution in [1.29, 1.82) is 0 Å². The van der Waals surface area contributed by atoms with Gasteiger partial charge in [-0.1, -0.05) is 12.1 Å². The van der Waals surface area contributed by atoms with Gasteiger partial charge >= 0.3 is 12.1 Å². The second-order valence-electron chi connectivity index (χ2n) is 14.3. The number of benzene rings is 2. The van der Waals surface area contributed by atoms with Gasteiger partial charge in [-0.3, -0.25) is 4.79 Å². The van der Waals surface area contributed by atoms with Crippen LogP contribution in [0.5, 0.6) is 0 Å². The first-order valence-corrected chi connectivity index (χ1v) is 21.4. The van der Waals surface area contributed by atoms with E-state index >= 15 is 0 Å². The number of carbonyl (C=O) groups excluding carboxylic acids is 3. The number of nitrogens with zero attached hydrogens (tertiary/aromatic N) is 4. The van der Waals surface area contributed by atoms with Gasteiger partial charge in [-0.25, -0.2) is 39.0 Å². The number of urea groups is 2. The zero-order valence-electron chi connectivity index (χ0n) is 30.7. The lowest BCUT2D eigenvalue weighted by atomic mass is 9.93. The predicted octanol–water partition coefficient (Wildman–Crippen LogP) is 3.83. The first kappa shape index (κ1) is 37.2. The maximum Gasteiger partial charge on any atom is 0.333 e. The van der Waals surface area contributed by atoms with Gasteiger partial charge in [-0.05, 0) is 115 Å². The Hall–Kier alpha value is -5.69. The van der Waals surface area contributed by atoms with E-state index in [9.17, 15) is 31.2 Å². The summed E-state index contributed by atoms with van der Waals surface area (Å²) in [4.78, 5) is 55.6. The maximum atomic E-state index is 14.0. The number of rotatable bonds is 9. The lowest BCUT2D eigenvalue weighted by Gasteiger charge is -2.19. The molecule has 0 spiro atoms. The van der Waals surface area contributed by atoms with Gasteiger partial charge in [-0.2, -0.15) is 16.8 Å². The number of aryl methyl sites for hydroxylation is 3. The maximum absolute atomic E-state index is 14.0. The lowest BCUT2D eigenvalue weighted by molar-refractivity contribution is -0.114. The summed E-state index contributed by atoms with van der Waals surface area (Å²) in [5.74, 6) is -1.41. The van der Waals surface area contributed by atoms with Crippen molar-refractivity contribution in [2.75, 3.05) is 28.3 Å². The molecule has 0 bridgehead atoms. The summed E-state index contributed by atoms with van der Waals surface area (Å²) < 4.78 is 58.3. The van der Waals surface area contributed by atoms with Gasteiger partial charge in [0, 0.05) is 43.7 Å². The molecule has 0 aliphatic heterocycles. The van der Waals surface area contributed by atoms with Crippen molar-refractivity contribution in [3.8, 4) is 0 Å². The molecule has 56 heavy (non-hydrogen) atoms. The zero-order valence-corrected chi connectivity index (χ0v) is 32.3. The number of hydrogen-bond donors (Lipinski definition) is 6. The largest absolute Gasteiger partial charge is 0.371 e. The lowest BCUT2D eigenvalue weighted by Crippen LogP contribution is -2.36. The van der Waals surface area contributed by atoms with Crippen LogP contribution in [0, 0.1) is 0 Å². The molecule has 0 radical (unpaired) electrons. The minimum Gasteiger partial charge on any atom is -0.371 e. The van der Waals surface area contributed by atoms with E-state index < -0.39 is 54.0 Å². The summed E-state index contributed by atoms with van der Waals surface area (Å²) in [6.07, 6.45) is 12.3. The number of amides is 5. The molecule has 0 saturated carbocycles. The minimum absolute atomic E-state index is 0.0255. The van der Waals surface area contributed by atoms with Crippen LogP contribution in [-0.4, -0.2) is 61.8 Å². The highest BCUT2D eigenvalue weighted by Gasteiger charge is 2.35. The zero-order chi connectivity index (χ0) is 39.4. The van der Waals surface area contributed by atoms with Gasteiger partial charge in [0.05, 0.1) is 11.9 Å². The normalized spacial score (nSPS) is 16.6. The van der Waals surface area contributed by atoms with Gasteiger partial charge in [0.2, 0.25) is 16.0 Å². The molecule has 4 aromatic rings. The van der Waals surface area contributed by atoms with Gasteiger partial charge in [0.25, 0.3) is 20.0 Å². The second-order valence-corrected chi connectivity index (χ2v) is 17.5. The summed E-state index contributed by atoms with van der Waals surface area (Å²) in [5, 5.41) is 9.65. The molecule has 2 aromatic heterocycles. The number of fused-ring (bicyclic) bond motifs is 4. The van der Waals surface area contributed by atoms with Crippen LogP contribution in [0.1, 0.15) is 88.7 Å². The van der Waals surface area contributed by atoms with E-state index in [1.54, 1.807) is 0 Å². The van der Waals surface area contributed by atoms with Crippen LogP contribution in [0.3, 0.4) is 0 Å². The van der Waals surface area contributed by atoms with Crippen molar-refractivity contribution in [3.05, 3.63) is 80.9 Å². The fourth-order valence-corrected chi connectivity index (χ4v) is 10.5. The first-order chi connectivity index (χ1) is 26.8. The van der Waals surface area contributed by atoms with Crippen molar-refractivity contribution >= 4 is 61.0 Å². The Morgan fingerprint density at radius 3 is 1.79 bits per heavy atom. The van der Waals surface area contributed by atoms with Crippen LogP contribution in [0.2, 0.25) is 0 Å². The Morgan fingerprint density at radius 1 is 0.643 bits per heavy atom. The Morgan fingerprint density at radius 2 is 1.20 bits per heavy atom. The van der Waals surface area contributed by atoms with Gasteiger partial charge in [0.1, 0.15) is 0 Å². The molecular formula is C37H40N10O7S2. The van der Waals surface area contributed by atoms with Crippen LogP contribution in [-0.2, 0) is 69.8 Å². The van der Waals surface area contributed by atoms with E-state index in [1.165, 1.54) is 43.7 Å². The number of carbonyl (C=O) groups is 3. The number of aromatic nitrogens is 4. The topological polar surface area (TPSA) is 243 Å². The summed E-state index contributed by atoms with van der Waals surface area (Å²) >= 11 is 0. The van der Waals surface area contributed by atoms with Crippen molar-refractivity contribution in [3.63, 3.8) is 0 Å². The Labute approximate surface area is 323 Å². The molecule has 17 nitrogen and oxygen atoms in total. The van der Waals surface area contributed by atoms with Crippen LogP contribution in [0.25, 0.3) is 0 Å². The van der Waals surface area contributed by atoms with E-state index in [0.717, 1.165) is 78.3 Å². The molecule has 1 atom stereocenters. The Bertz CT molecular complexity index is 2530. The molecule has 19 heteroatoms. The smallest absolute Gasteiger partial charge is 0.333 e. The van der Waals surface area contributed by atoms with E-state index in [4.69, 9.17) is 0 Å². The molecule has 2 aromatic carbocycles. The van der Waals surface area contributed by atoms with Crippen molar-refractivity contribution in [2.45, 2.75) is 93.5 Å². The van der Waals surface area contributed by atoms with E-state index in [1.807, 2.05) is 10.8 Å². The fraction of sp³-hybridized carbons (Fsp3) is 0.378. The molecule has 1 unspecified atom stereocenters. The first-order valence-electron chi connectivity index (χ1n) is 18.5. The van der Waals surface area contributed by atoms with E-state index in [-0.39, 0.29) is 17.3 Å². The molecule has 2 heterocycles. The molecule has 6 N–H and O–H groups in total. The van der Waals surface area contributed by atoms with Gasteiger partial charge in [0.15, 0.2) is 11.6 Å². The van der Waals surface area contributed by atoms with Crippen molar-refractivity contribution in [2.24, 2.45) is 0 Å². The highest BCUT2D eigenvalue weighted by Crippen LogP contribution is 2.46. The summed E-state index contributed by atoms with van der Waals surface area (Å²) in [5.41, 5.74) is 9.25. The number of anilines is 4. The molecule has 0 saturated heterocycles. The number of hydrogen-bond acceptors (Lipinski definition) is 12. The van der Waals surface area contributed by atoms with Gasteiger partial charge < -0.3 is 21.3 Å². The summed E-state index contributed by atoms with van der Waals surface area (Å²) in [6.45, 7) is 1.21. The molecule has 8 rings (SSSR count). The molecule has 292 valence electrons. The molecule has 4 aliphatic rings. The predicted molar refractivity (Wildman–Crippen MR) is 206 cm³/mol. The number of sulfonamides is 2. The Balaban J connectivity index is 1.09. The average Bonchev–Trinajstić information content (AvgIpc) is 3.98. The molecule has 5 amide bonds. The third-order valence-corrected chi connectivity index (χ3v) is 13.3. The Kier molecular flexibility index (Phi) is 9.60. The summed E-state index contributed by atoms with van der Waals surface area (Å²) in [6, 6.07) is 2.31. The van der Waals surface area contributed by atoms with Crippen LogP contribution in [0.15, 0.2) is 40.8 Å². The van der Waals surface area contributed by atoms with Crippen LogP contribution >= 0.6 is 0 Å². The highest BCUT2D eigenvalue weighted by atomic mass is 32.2. The average molecular weight is 801 g/mol. The van der Waals surface area contributed by atoms with Gasteiger partial charge in [-0.15, -0.1) is 0 Å². The highest BCUT2D eigenvalue weighted by molar-refractivity contribution is 7.90. The third-order valence-electron chi connectivity index (χ3n) is 10.8. The molecule has 4 aliphatic carbocycles. The quantitative estimate of drug-likeness (QED) is 0.142. The van der Waals surface area contributed by atoms with Crippen LogP contribution in [0.4, 0.5) is 32.6 Å². The van der Waals surface area contributed by atoms with Crippen LogP contribution < -0.4 is 30.7 Å². The second kappa shape index (κ2) is 14.4. The summed E-state index contributed by atoms with van der Waals surface area (Å²) in [7, 11) is -7.60. The molecule has 0 fully saturated rings. The van der Waals surface area contributed by atoms with E-state index in [0.29, 0.717) is 37.1 Å². The standard InChI is InChI=1S/C37H40N10O7S2/c1-19(48)42-33-35(56(53,54)47-36(49)44-30-23-9-3-6-20(23)16-21-7-4-10-24(21)30)43-29(18-41-33)26-12-13-27-28(26)17-22-8-5-11-25(22)31(27)45-37(50)46-55(51,52)34-32(38-2)39-14-15-40-34/h14-18,26H,3-13H2,1-2H3,(H,38,39)(H,41,42,48)(H2,44,47,49)(H2,45,46,50). The monoisotopic (exact) mass is 800 g/mol. The van der Waals surface area contributed by atoms with E-state index in [2.05, 4.69) is 52.0 Å². The third kappa shape index (κ3) is 6.89. The SMILES string of the molecule is CNc1nccnc1S(=O)(=O)NC(=O)Nc1c2c(cc3c1CCC3c1cnc(NC(C)=O)c(S(=O)(=O)NC(=O)Nc3c4c(cc5c3CCC5)CCC4)n1)CCC2. The van der Waals surface area contributed by atoms with Crippen molar-refractivity contribution in [1.82, 2.24) is 29.4 Å². The molecular weight excluding hydrogens is 761 g/mol. The fourth-order valence-electron chi connectivity index (χ4n) is 8.57. The number of nitrogens with one attached hydrogen (secondary N) is 6. The minimum atomic E-state index is -4.68. The van der Waals surface area contributed by atoms with Crippen molar-refractivity contribution < 1.29 is 31.2 Å².